The molecule has 0 fully saturated rings. The van der Waals surface area contributed by atoms with Gasteiger partial charge in [0.15, 0.2) is 12.4 Å². The summed E-state index contributed by atoms with van der Waals surface area (Å²) in [6.45, 7) is 2.84. The van der Waals surface area contributed by atoms with E-state index in [0.717, 1.165) is 6.42 Å². The smallest absolute Gasteiger partial charge is 0.265 e. The molecule has 0 radical (unpaired) electrons. The Labute approximate surface area is 129 Å². The molecule has 0 unspecified atom stereocenters. The summed E-state index contributed by atoms with van der Waals surface area (Å²) in [5.74, 6) is -0.181. The van der Waals surface area contributed by atoms with Crippen LogP contribution in [0.3, 0.4) is 0 Å². The fourth-order valence-corrected chi connectivity index (χ4v) is 2.84. The molecule has 120 valence electrons. The molecule has 0 amide bonds. The minimum Gasteiger partial charge on any atom is -0.286 e. The van der Waals surface area contributed by atoms with Gasteiger partial charge < -0.3 is 0 Å². The van der Waals surface area contributed by atoms with E-state index in [-0.39, 0.29) is 5.75 Å². The van der Waals surface area contributed by atoms with Crippen molar-refractivity contribution in [2.45, 2.75) is 64.8 Å². The highest BCUT2D eigenvalue weighted by Gasteiger charge is 2.07. The normalized spacial score (nSPS) is 11.7. The molecule has 1 aromatic rings. The maximum Gasteiger partial charge on any atom is 0.265 e. The van der Waals surface area contributed by atoms with Crippen molar-refractivity contribution in [3.8, 4) is 0 Å². The van der Waals surface area contributed by atoms with Gasteiger partial charge in [-0.05, 0) is 18.4 Å². The van der Waals surface area contributed by atoms with E-state index in [0.29, 0.717) is 13.0 Å². The zero-order valence-corrected chi connectivity index (χ0v) is 13.8. The number of pyridine rings is 1. The Morgan fingerprint density at radius 2 is 1.62 bits per heavy atom. The first-order valence-corrected chi connectivity index (χ1v) is 9.55. The number of aromatic nitrogens is 1. The van der Waals surface area contributed by atoms with Crippen molar-refractivity contribution in [3.05, 3.63) is 30.1 Å². The molecule has 4 nitrogen and oxygen atoms in total. The van der Waals surface area contributed by atoms with Crippen LogP contribution in [0.5, 0.6) is 0 Å². The van der Waals surface area contributed by atoms with Gasteiger partial charge in [-0.1, -0.05) is 39.0 Å². The molecule has 1 N–H and O–H groups in total. The van der Waals surface area contributed by atoms with Crippen molar-refractivity contribution in [2.24, 2.45) is 0 Å². The maximum atomic E-state index is 10.6. The summed E-state index contributed by atoms with van der Waals surface area (Å²) in [4.78, 5) is 0. The van der Waals surface area contributed by atoms with Crippen LogP contribution in [-0.2, 0) is 23.1 Å². The second-order valence-electron chi connectivity index (χ2n) is 5.60. The zero-order valence-electron chi connectivity index (χ0n) is 13.0. The van der Waals surface area contributed by atoms with E-state index in [2.05, 4.69) is 19.1 Å². The van der Waals surface area contributed by atoms with E-state index in [1.807, 2.05) is 17.0 Å². The Bertz CT molecular complexity index is 483. The lowest BCUT2D eigenvalue weighted by atomic mass is 10.1. The van der Waals surface area contributed by atoms with Gasteiger partial charge in [-0.15, -0.1) is 0 Å². The van der Waals surface area contributed by atoms with Crippen LogP contribution in [-0.4, -0.2) is 18.7 Å². The second kappa shape index (κ2) is 9.90. The molecule has 0 saturated carbocycles. The molecule has 0 aliphatic heterocycles. The minimum atomic E-state index is -3.84. The third-order valence-corrected chi connectivity index (χ3v) is 4.40. The third kappa shape index (κ3) is 9.58. The number of hydrogen-bond acceptors (Lipinski definition) is 2. The van der Waals surface area contributed by atoms with Gasteiger partial charge in [0.1, 0.15) is 6.54 Å². The topological polar surface area (TPSA) is 58.2 Å². The second-order valence-corrected chi connectivity index (χ2v) is 7.17. The van der Waals surface area contributed by atoms with E-state index in [9.17, 15) is 8.42 Å². The van der Waals surface area contributed by atoms with E-state index < -0.39 is 10.1 Å². The largest absolute Gasteiger partial charge is 0.286 e. The van der Waals surface area contributed by atoms with Crippen LogP contribution >= 0.6 is 0 Å². The van der Waals surface area contributed by atoms with Crippen molar-refractivity contribution in [2.75, 3.05) is 5.75 Å². The summed E-state index contributed by atoms with van der Waals surface area (Å²) in [6, 6.07) is 4.19. The fraction of sp³-hybridized carbons (Fsp3) is 0.688. The van der Waals surface area contributed by atoms with Crippen LogP contribution in [0.4, 0.5) is 0 Å². The van der Waals surface area contributed by atoms with Gasteiger partial charge in [0.2, 0.25) is 0 Å². The Morgan fingerprint density at radius 1 is 1.00 bits per heavy atom. The van der Waals surface area contributed by atoms with Crippen molar-refractivity contribution in [1.82, 2.24) is 0 Å². The lowest BCUT2D eigenvalue weighted by Crippen LogP contribution is -2.33. The van der Waals surface area contributed by atoms with Crippen LogP contribution in [0.25, 0.3) is 0 Å². The number of aryl methyl sites for hydroxylation is 2. The van der Waals surface area contributed by atoms with E-state index in [1.54, 1.807) is 0 Å². The third-order valence-electron chi connectivity index (χ3n) is 3.60. The monoisotopic (exact) mass is 314 g/mol. The Morgan fingerprint density at radius 3 is 2.24 bits per heavy atom. The first-order chi connectivity index (χ1) is 10.0. The summed E-state index contributed by atoms with van der Waals surface area (Å²) < 4.78 is 31.9. The molecular formula is C16H28NO3S+. The van der Waals surface area contributed by atoms with Gasteiger partial charge in [-0.3, -0.25) is 4.55 Å². The molecule has 0 atom stereocenters. The highest BCUT2D eigenvalue weighted by molar-refractivity contribution is 7.85. The van der Waals surface area contributed by atoms with E-state index in [4.69, 9.17) is 4.55 Å². The SMILES string of the molecule is CCCCCCCCc1cc[n+](CCCS(=O)(=O)O)cc1. The van der Waals surface area contributed by atoms with Crippen molar-refractivity contribution in [3.63, 3.8) is 0 Å². The Hall–Kier alpha value is -0.940. The predicted molar refractivity (Wildman–Crippen MR) is 84.7 cm³/mol. The molecular weight excluding hydrogens is 286 g/mol. The van der Waals surface area contributed by atoms with Crippen molar-refractivity contribution in [1.29, 1.82) is 0 Å². The van der Waals surface area contributed by atoms with Crippen LogP contribution in [0, 0.1) is 0 Å². The zero-order chi connectivity index (χ0) is 15.6. The molecule has 0 bridgehead atoms. The lowest BCUT2D eigenvalue weighted by molar-refractivity contribution is -0.696. The van der Waals surface area contributed by atoms with E-state index in [1.165, 1.54) is 44.1 Å². The van der Waals surface area contributed by atoms with Crippen LogP contribution in [0.2, 0.25) is 0 Å². The van der Waals surface area contributed by atoms with Crippen molar-refractivity contribution < 1.29 is 17.5 Å². The molecule has 5 heteroatoms. The fourth-order valence-electron chi connectivity index (χ4n) is 2.34. The van der Waals surface area contributed by atoms with Crippen molar-refractivity contribution >= 4 is 10.1 Å². The average molecular weight is 314 g/mol. The summed E-state index contributed by atoms with van der Waals surface area (Å²) in [5.41, 5.74) is 1.33. The molecule has 1 aromatic heterocycles. The van der Waals surface area contributed by atoms with Gasteiger partial charge in [0.05, 0.1) is 5.75 Å². The van der Waals surface area contributed by atoms with Gasteiger partial charge in [-0.25, -0.2) is 4.57 Å². The first-order valence-electron chi connectivity index (χ1n) is 7.94. The maximum absolute atomic E-state index is 10.6. The van der Waals surface area contributed by atoms with Gasteiger partial charge >= 0.3 is 0 Å². The number of nitrogens with zero attached hydrogens (tertiary/aromatic N) is 1. The molecule has 0 saturated heterocycles. The van der Waals surface area contributed by atoms with Gasteiger partial charge in [-0.2, -0.15) is 8.42 Å². The summed E-state index contributed by atoms with van der Waals surface area (Å²) in [6.07, 6.45) is 13.3. The predicted octanol–water partition coefficient (Wildman–Crippen LogP) is 3.16. The number of rotatable bonds is 11. The van der Waals surface area contributed by atoms with Crippen LogP contribution in [0.1, 0.15) is 57.4 Å². The quantitative estimate of drug-likeness (QED) is 0.388. The first kappa shape index (κ1) is 18.1. The molecule has 21 heavy (non-hydrogen) atoms. The summed E-state index contributed by atoms with van der Waals surface area (Å²) in [5, 5.41) is 0. The van der Waals surface area contributed by atoms with Crippen LogP contribution < -0.4 is 4.57 Å². The van der Waals surface area contributed by atoms with Gasteiger partial charge in [0, 0.05) is 18.6 Å². The minimum absolute atomic E-state index is 0.181. The lowest BCUT2D eigenvalue weighted by Gasteiger charge is -2.02. The van der Waals surface area contributed by atoms with E-state index >= 15 is 0 Å². The molecule has 0 aliphatic carbocycles. The Kier molecular flexibility index (Phi) is 8.54. The number of unbranched alkanes of at least 4 members (excludes halogenated alkanes) is 5. The summed E-state index contributed by atoms with van der Waals surface area (Å²) >= 11 is 0. The highest BCUT2D eigenvalue weighted by Crippen LogP contribution is 2.08. The number of hydrogen-bond donors (Lipinski definition) is 1. The molecule has 0 aliphatic rings. The van der Waals surface area contributed by atoms with Gasteiger partial charge in [0.25, 0.3) is 10.1 Å². The molecule has 1 rings (SSSR count). The Balaban J connectivity index is 2.21. The average Bonchev–Trinajstić information content (AvgIpc) is 2.43. The molecule has 0 aromatic carbocycles. The molecule has 1 heterocycles. The van der Waals surface area contributed by atoms with Crippen LogP contribution in [0.15, 0.2) is 24.5 Å². The standard InChI is InChI=1S/C16H27NO3S/c1-2-3-4-5-6-7-9-16-10-13-17(14-11-16)12-8-15-21(18,19)20/h10-11,13-14H,2-9,12,15H2,1H3/p+1. The highest BCUT2D eigenvalue weighted by atomic mass is 32.2. The summed E-state index contributed by atoms with van der Waals surface area (Å²) in [7, 11) is -3.84. The molecule has 0 spiro atoms.